The molecule has 0 atom stereocenters. The number of benzene rings is 1. The van der Waals surface area contributed by atoms with E-state index in [1.807, 2.05) is 54.8 Å². The first-order valence-corrected chi connectivity index (χ1v) is 5.70. The molecule has 5 heteroatoms. The molecule has 0 spiro atoms. The minimum atomic E-state index is 0.683. The second kappa shape index (κ2) is 3.89. The lowest BCUT2D eigenvalue weighted by Crippen LogP contribution is -2.03. The summed E-state index contributed by atoms with van der Waals surface area (Å²) in [5.41, 5.74) is 2.89. The number of nitrogens with zero attached hydrogens (tertiary/aromatic N) is 3. The van der Waals surface area contributed by atoms with Crippen LogP contribution in [-0.4, -0.2) is 22.4 Å². The normalized spacial score (nSPS) is 10.9. The van der Waals surface area contributed by atoms with Crippen molar-refractivity contribution in [3.63, 3.8) is 0 Å². The Balaban J connectivity index is 2.29. The Kier molecular flexibility index (Phi) is 2.37. The fourth-order valence-corrected chi connectivity index (χ4v) is 2.04. The third-order valence-corrected chi connectivity index (χ3v) is 3.01. The summed E-state index contributed by atoms with van der Waals surface area (Å²) < 4.78 is 1.94. The van der Waals surface area contributed by atoms with Crippen LogP contribution >= 0.6 is 11.6 Å². The Morgan fingerprint density at radius 1 is 1.12 bits per heavy atom. The second-order valence-electron chi connectivity index (χ2n) is 3.94. The number of halogens is 1. The van der Waals surface area contributed by atoms with Crippen LogP contribution in [-0.2, 0) is 0 Å². The van der Waals surface area contributed by atoms with Crippen LogP contribution < -0.4 is 5.46 Å². The molecule has 3 aromatic rings. The maximum atomic E-state index is 6.17. The summed E-state index contributed by atoms with van der Waals surface area (Å²) in [4.78, 5) is 0. The van der Waals surface area contributed by atoms with Crippen molar-refractivity contribution in [3.8, 4) is 11.4 Å². The van der Waals surface area contributed by atoms with Crippen LogP contribution in [0.25, 0.3) is 17.0 Å². The fraction of sp³-hybridized carbons (Fsp3) is 0. The highest BCUT2D eigenvalue weighted by atomic mass is 35.5. The third-order valence-electron chi connectivity index (χ3n) is 2.68. The van der Waals surface area contributed by atoms with E-state index in [4.69, 9.17) is 11.6 Å². The average molecular weight is 241 g/mol. The van der Waals surface area contributed by atoms with Gasteiger partial charge in [-0.15, -0.1) is 10.2 Å². The van der Waals surface area contributed by atoms with Gasteiger partial charge in [0, 0.05) is 11.8 Å². The molecule has 17 heavy (non-hydrogen) atoms. The SMILES string of the molecule is Bc1ccn2c(-c3ccccc3Cl)nnc2c1. The summed E-state index contributed by atoms with van der Waals surface area (Å²) in [6.07, 6.45) is 1.96. The average Bonchev–Trinajstić information content (AvgIpc) is 2.72. The molecule has 0 aliphatic heterocycles. The largest absolute Gasteiger partial charge is 0.282 e. The van der Waals surface area contributed by atoms with Crippen molar-refractivity contribution in [2.75, 3.05) is 0 Å². The number of hydrogen-bond donors (Lipinski definition) is 0. The third kappa shape index (κ3) is 1.70. The Morgan fingerprint density at radius 3 is 2.76 bits per heavy atom. The van der Waals surface area contributed by atoms with Gasteiger partial charge in [0.2, 0.25) is 0 Å². The number of aromatic nitrogens is 3. The van der Waals surface area contributed by atoms with Crippen LogP contribution in [0, 0.1) is 0 Å². The quantitative estimate of drug-likeness (QED) is 0.601. The predicted octanol–water partition coefficient (Wildman–Crippen LogP) is 1.31. The molecule has 0 amide bonds. The predicted molar refractivity (Wildman–Crippen MR) is 71.6 cm³/mol. The summed E-state index contributed by atoms with van der Waals surface area (Å²) >= 11 is 6.17. The summed E-state index contributed by atoms with van der Waals surface area (Å²) in [5.74, 6) is 0.769. The van der Waals surface area contributed by atoms with E-state index < -0.39 is 0 Å². The first-order valence-electron chi connectivity index (χ1n) is 5.32. The highest BCUT2D eigenvalue weighted by Crippen LogP contribution is 2.25. The Bertz CT molecular complexity index is 693. The van der Waals surface area contributed by atoms with E-state index in [0.29, 0.717) is 5.02 Å². The molecule has 2 heterocycles. The van der Waals surface area contributed by atoms with E-state index >= 15 is 0 Å². The van der Waals surface area contributed by atoms with Gasteiger partial charge in [-0.2, -0.15) is 0 Å². The summed E-state index contributed by atoms with van der Waals surface area (Å²) in [7, 11) is 2.03. The minimum absolute atomic E-state index is 0.683. The van der Waals surface area contributed by atoms with Gasteiger partial charge in [-0.3, -0.25) is 4.40 Å². The molecule has 0 saturated carbocycles. The lowest BCUT2D eigenvalue weighted by molar-refractivity contribution is 1.11. The number of rotatable bonds is 1. The fourth-order valence-electron chi connectivity index (χ4n) is 1.82. The highest BCUT2D eigenvalue weighted by Gasteiger charge is 2.10. The van der Waals surface area contributed by atoms with Gasteiger partial charge < -0.3 is 0 Å². The van der Waals surface area contributed by atoms with Crippen LogP contribution in [0.5, 0.6) is 0 Å². The van der Waals surface area contributed by atoms with Gasteiger partial charge in [0.25, 0.3) is 0 Å². The molecule has 3 rings (SSSR count). The zero-order valence-corrected chi connectivity index (χ0v) is 10.0. The first-order chi connectivity index (χ1) is 8.25. The van der Waals surface area contributed by atoms with Crippen LogP contribution in [0.2, 0.25) is 5.02 Å². The molecule has 82 valence electrons. The molecule has 0 bridgehead atoms. The molecule has 0 N–H and O–H groups in total. The number of pyridine rings is 1. The van der Waals surface area contributed by atoms with Crippen molar-refractivity contribution in [2.45, 2.75) is 0 Å². The molecule has 0 aliphatic rings. The van der Waals surface area contributed by atoms with Gasteiger partial charge in [-0.25, -0.2) is 0 Å². The van der Waals surface area contributed by atoms with Gasteiger partial charge in [-0.05, 0) is 18.2 Å². The molecule has 0 fully saturated rings. The monoisotopic (exact) mass is 241 g/mol. The minimum Gasteiger partial charge on any atom is -0.282 e. The summed E-state index contributed by atoms with van der Waals surface area (Å²) in [5, 5.41) is 9.03. The van der Waals surface area contributed by atoms with E-state index in [0.717, 1.165) is 22.5 Å². The molecule has 0 unspecified atom stereocenters. The maximum absolute atomic E-state index is 6.17. The molecule has 0 radical (unpaired) electrons. The van der Waals surface area contributed by atoms with E-state index in [9.17, 15) is 0 Å². The van der Waals surface area contributed by atoms with E-state index in [2.05, 4.69) is 10.2 Å². The molecule has 2 aromatic heterocycles. The van der Waals surface area contributed by atoms with Gasteiger partial charge in [0.1, 0.15) is 7.85 Å². The molecular formula is C12H9BClN3. The van der Waals surface area contributed by atoms with Gasteiger partial charge in [0.05, 0.1) is 5.02 Å². The van der Waals surface area contributed by atoms with Crippen LogP contribution in [0.1, 0.15) is 0 Å². The maximum Gasteiger partial charge on any atom is 0.169 e. The summed E-state index contributed by atoms with van der Waals surface area (Å²) in [6, 6.07) is 11.7. The molecular weight excluding hydrogens is 232 g/mol. The number of fused-ring (bicyclic) bond motifs is 1. The van der Waals surface area contributed by atoms with Gasteiger partial charge in [-0.1, -0.05) is 35.3 Å². The molecule has 0 aliphatic carbocycles. The van der Waals surface area contributed by atoms with E-state index in [-0.39, 0.29) is 0 Å². The zero-order chi connectivity index (χ0) is 11.8. The Hall–Kier alpha value is -1.81. The molecule has 1 aromatic carbocycles. The highest BCUT2D eigenvalue weighted by molar-refractivity contribution is 6.33. The van der Waals surface area contributed by atoms with Crippen molar-refractivity contribution in [1.29, 1.82) is 0 Å². The van der Waals surface area contributed by atoms with Crippen molar-refractivity contribution in [2.24, 2.45) is 0 Å². The second-order valence-corrected chi connectivity index (χ2v) is 4.34. The standard InChI is InChI=1S/C12H9BClN3/c13-8-5-6-17-11(7-8)15-16-12(17)9-3-1-2-4-10(9)14/h1-7H,13H2. The molecule has 3 nitrogen and oxygen atoms in total. The van der Waals surface area contributed by atoms with Gasteiger partial charge >= 0.3 is 0 Å². The lowest BCUT2D eigenvalue weighted by atomic mass is 9.98. The topological polar surface area (TPSA) is 30.2 Å². The van der Waals surface area contributed by atoms with E-state index in [1.165, 1.54) is 0 Å². The lowest BCUT2D eigenvalue weighted by Gasteiger charge is -2.02. The van der Waals surface area contributed by atoms with Crippen molar-refractivity contribution in [1.82, 2.24) is 14.6 Å². The van der Waals surface area contributed by atoms with E-state index in [1.54, 1.807) is 0 Å². The smallest absolute Gasteiger partial charge is 0.169 e. The van der Waals surface area contributed by atoms with Crippen molar-refractivity contribution >= 4 is 30.6 Å². The van der Waals surface area contributed by atoms with Crippen LogP contribution in [0.15, 0.2) is 42.6 Å². The number of hydrogen-bond acceptors (Lipinski definition) is 2. The van der Waals surface area contributed by atoms with Gasteiger partial charge in [0.15, 0.2) is 11.5 Å². The first kappa shape index (κ1) is 10.4. The Morgan fingerprint density at radius 2 is 1.94 bits per heavy atom. The van der Waals surface area contributed by atoms with Crippen molar-refractivity contribution in [3.05, 3.63) is 47.6 Å². The zero-order valence-electron chi connectivity index (χ0n) is 9.26. The van der Waals surface area contributed by atoms with Crippen LogP contribution in [0.3, 0.4) is 0 Å². The van der Waals surface area contributed by atoms with Crippen molar-refractivity contribution < 1.29 is 0 Å². The summed E-state index contributed by atoms with van der Waals surface area (Å²) in [6.45, 7) is 0. The Labute approximate surface area is 104 Å². The molecule has 0 saturated heterocycles. The van der Waals surface area contributed by atoms with Crippen LogP contribution in [0.4, 0.5) is 0 Å².